The van der Waals surface area contributed by atoms with Gasteiger partial charge in [-0.15, -0.1) is 0 Å². The van der Waals surface area contributed by atoms with Gasteiger partial charge in [0.05, 0.1) is 26.3 Å². The summed E-state index contributed by atoms with van der Waals surface area (Å²) in [6, 6.07) is 8.06. The van der Waals surface area contributed by atoms with Gasteiger partial charge in [0.25, 0.3) is 0 Å². The third-order valence-corrected chi connectivity index (χ3v) is 3.32. The molecule has 0 aliphatic carbocycles. The molecule has 5 nitrogen and oxygen atoms in total. The molecule has 0 radical (unpaired) electrons. The van der Waals surface area contributed by atoms with Crippen molar-refractivity contribution in [2.75, 3.05) is 38.8 Å². The van der Waals surface area contributed by atoms with Gasteiger partial charge < -0.3 is 19.7 Å². The van der Waals surface area contributed by atoms with Crippen molar-refractivity contribution in [2.24, 2.45) is 0 Å². The summed E-state index contributed by atoms with van der Waals surface area (Å²) in [5, 5.41) is 3.34. The maximum absolute atomic E-state index is 11.3. The molecule has 0 amide bonds. The summed E-state index contributed by atoms with van der Waals surface area (Å²) in [5.41, 5.74) is 1.07. The Balaban J connectivity index is 2.06. The topological polar surface area (TPSA) is 50.8 Å². The van der Waals surface area contributed by atoms with Gasteiger partial charge in [-0.3, -0.25) is 4.79 Å². The van der Waals surface area contributed by atoms with Gasteiger partial charge in [0.2, 0.25) is 0 Å². The van der Waals surface area contributed by atoms with E-state index in [0.717, 1.165) is 31.1 Å². The molecule has 1 aromatic carbocycles. The summed E-state index contributed by atoms with van der Waals surface area (Å²) in [7, 11) is 3.09. The maximum Gasteiger partial charge on any atom is 0.307 e. The van der Waals surface area contributed by atoms with Crippen LogP contribution in [0.15, 0.2) is 24.3 Å². The lowest BCUT2D eigenvalue weighted by molar-refractivity contribution is -0.141. The molecule has 1 atom stereocenters. The summed E-state index contributed by atoms with van der Waals surface area (Å²) in [6.07, 6.45) is 0.391. The second-order valence-electron chi connectivity index (χ2n) is 4.55. The number of esters is 1. The molecule has 1 aromatic rings. The first-order valence-corrected chi connectivity index (χ1v) is 6.42. The van der Waals surface area contributed by atoms with Crippen LogP contribution in [0.25, 0.3) is 0 Å². The van der Waals surface area contributed by atoms with Gasteiger partial charge in [-0.25, -0.2) is 0 Å². The highest BCUT2D eigenvalue weighted by atomic mass is 16.5. The van der Waals surface area contributed by atoms with Crippen molar-refractivity contribution in [1.82, 2.24) is 5.32 Å². The molecule has 19 heavy (non-hydrogen) atoms. The molecule has 0 spiro atoms. The van der Waals surface area contributed by atoms with E-state index in [2.05, 4.69) is 10.2 Å². The Morgan fingerprint density at radius 3 is 2.95 bits per heavy atom. The molecular formula is C14H20N2O3. The molecule has 2 rings (SSSR count). The first kappa shape index (κ1) is 13.7. The zero-order valence-electron chi connectivity index (χ0n) is 11.4. The molecule has 1 unspecified atom stereocenters. The number of hydrogen-bond acceptors (Lipinski definition) is 5. The first-order chi connectivity index (χ1) is 9.24. The SMILES string of the molecule is COC(=O)CC1CN(c2ccccc2OC)CCN1. The monoisotopic (exact) mass is 264 g/mol. The Labute approximate surface area is 113 Å². The lowest BCUT2D eigenvalue weighted by atomic mass is 10.1. The van der Waals surface area contributed by atoms with Gasteiger partial charge in [0, 0.05) is 25.7 Å². The van der Waals surface area contributed by atoms with E-state index in [-0.39, 0.29) is 12.0 Å². The van der Waals surface area contributed by atoms with Crippen LogP contribution in [0.3, 0.4) is 0 Å². The quantitative estimate of drug-likeness (QED) is 0.823. The second kappa shape index (κ2) is 6.43. The van der Waals surface area contributed by atoms with Crippen molar-refractivity contribution in [3.63, 3.8) is 0 Å². The lowest BCUT2D eigenvalue weighted by Crippen LogP contribution is -2.51. The molecule has 1 aliphatic heterocycles. The highest BCUT2D eigenvalue weighted by Crippen LogP contribution is 2.28. The molecule has 0 saturated carbocycles. The van der Waals surface area contributed by atoms with Crippen LogP contribution in [0.2, 0.25) is 0 Å². The van der Waals surface area contributed by atoms with Crippen molar-refractivity contribution >= 4 is 11.7 Å². The largest absolute Gasteiger partial charge is 0.495 e. The first-order valence-electron chi connectivity index (χ1n) is 6.42. The van der Waals surface area contributed by atoms with E-state index in [1.807, 2.05) is 24.3 Å². The van der Waals surface area contributed by atoms with Gasteiger partial charge in [0.1, 0.15) is 5.75 Å². The number of carbonyl (C=O) groups is 1. The highest BCUT2D eigenvalue weighted by molar-refractivity contribution is 5.70. The van der Waals surface area contributed by atoms with Crippen LogP contribution >= 0.6 is 0 Å². The van der Waals surface area contributed by atoms with Crippen molar-refractivity contribution in [3.05, 3.63) is 24.3 Å². The van der Waals surface area contributed by atoms with E-state index in [1.54, 1.807) is 7.11 Å². The lowest BCUT2D eigenvalue weighted by Gasteiger charge is -2.35. The minimum absolute atomic E-state index is 0.117. The molecule has 104 valence electrons. The molecular weight excluding hydrogens is 244 g/mol. The molecule has 0 aromatic heterocycles. The number of hydrogen-bond donors (Lipinski definition) is 1. The van der Waals surface area contributed by atoms with E-state index in [4.69, 9.17) is 9.47 Å². The molecule has 5 heteroatoms. The van der Waals surface area contributed by atoms with Gasteiger partial charge in [-0.05, 0) is 12.1 Å². The summed E-state index contributed by atoms with van der Waals surface area (Å²) in [4.78, 5) is 13.6. The number of nitrogens with one attached hydrogen (secondary N) is 1. The average Bonchev–Trinajstić information content (AvgIpc) is 2.47. The Bertz CT molecular complexity index is 436. The number of para-hydroxylation sites is 2. The summed E-state index contributed by atoms with van der Waals surface area (Å²) in [5.74, 6) is 0.681. The zero-order chi connectivity index (χ0) is 13.7. The van der Waals surface area contributed by atoms with Gasteiger partial charge in [-0.1, -0.05) is 12.1 Å². The fourth-order valence-corrected chi connectivity index (χ4v) is 2.36. The van der Waals surface area contributed by atoms with E-state index in [0.29, 0.717) is 6.42 Å². The molecule has 1 fully saturated rings. The highest BCUT2D eigenvalue weighted by Gasteiger charge is 2.23. The van der Waals surface area contributed by atoms with Gasteiger partial charge in [0.15, 0.2) is 0 Å². The van der Waals surface area contributed by atoms with Crippen LogP contribution in [0.5, 0.6) is 5.75 Å². The van der Waals surface area contributed by atoms with Gasteiger partial charge >= 0.3 is 5.97 Å². The molecule has 0 bridgehead atoms. The number of anilines is 1. The van der Waals surface area contributed by atoms with E-state index < -0.39 is 0 Å². The van der Waals surface area contributed by atoms with Crippen molar-refractivity contribution in [3.8, 4) is 5.75 Å². The molecule has 1 saturated heterocycles. The summed E-state index contributed by atoms with van der Waals surface area (Å²) >= 11 is 0. The minimum Gasteiger partial charge on any atom is -0.495 e. The normalized spacial score (nSPS) is 19.1. The third kappa shape index (κ3) is 3.38. The number of benzene rings is 1. The Hall–Kier alpha value is -1.75. The van der Waals surface area contributed by atoms with Crippen molar-refractivity contribution in [2.45, 2.75) is 12.5 Å². The van der Waals surface area contributed by atoms with Gasteiger partial charge in [-0.2, -0.15) is 0 Å². The predicted molar refractivity (Wildman–Crippen MR) is 73.6 cm³/mol. The number of ether oxygens (including phenoxy) is 2. The number of piperazine rings is 1. The molecule has 1 aliphatic rings. The van der Waals surface area contributed by atoms with Crippen LogP contribution < -0.4 is 15.0 Å². The standard InChI is InChI=1S/C14H20N2O3/c1-18-13-6-4-3-5-12(13)16-8-7-15-11(10-16)9-14(17)19-2/h3-6,11,15H,7-10H2,1-2H3. The second-order valence-corrected chi connectivity index (χ2v) is 4.55. The molecule has 1 N–H and O–H groups in total. The average molecular weight is 264 g/mol. The summed E-state index contributed by atoms with van der Waals surface area (Å²) < 4.78 is 10.1. The predicted octanol–water partition coefficient (Wildman–Crippen LogP) is 1.04. The fourth-order valence-electron chi connectivity index (χ4n) is 2.36. The van der Waals surface area contributed by atoms with Crippen molar-refractivity contribution in [1.29, 1.82) is 0 Å². The Morgan fingerprint density at radius 2 is 2.21 bits per heavy atom. The van der Waals surface area contributed by atoms with Crippen LogP contribution in [-0.2, 0) is 9.53 Å². The number of methoxy groups -OCH3 is 2. The van der Waals surface area contributed by atoms with Crippen LogP contribution in [-0.4, -0.2) is 45.9 Å². The summed E-state index contributed by atoms with van der Waals surface area (Å²) in [6.45, 7) is 2.52. The molecule has 1 heterocycles. The van der Waals surface area contributed by atoms with Crippen molar-refractivity contribution < 1.29 is 14.3 Å². The van der Waals surface area contributed by atoms with E-state index in [1.165, 1.54) is 7.11 Å². The number of nitrogens with zero attached hydrogens (tertiary/aromatic N) is 1. The fraction of sp³-hybridized carbons (Fsp3) is 0.500. The van der Waals surface area contributed by atoms with Crippen LogP contribution in [0.4, 0.5) is 5.69 Å². The Kier molecular flexibility index (Phi) is 4.63. The van der Waals surface area contributed by atoms with E-state index in [9.17, 15) is 4.79 Å². The Morgan fingerprint density at radius 1 is 1.42 bits per heavy atom. The number of rotatable bonds is 4. The number of carbonyl (C=O) groups excluding carboxylic acids is 1. The minimum atomic E-state index is -0.181. The zero-order valence-corrected chi connectivity index (χ0v) is 11.4. The smallest absolute Gasteiger partial charge is 0.307 e. The third-order valence-electron chi connectivity index (χ3n) is 3.32. The van der Waals surface area contributed by atoms with Crippen LogP contribution in [0.1, 0.15) is 6.42 Å². The van der Waals surface area contributed by atoms with E-state index >= 15 is 0 Å². The van der Waals surface area contributed by atoms with Crippen LogP contribution in [0, 0.1) is 0 Å². The maximum atomic E-state index is 11.3.